The van der Waals surface area contributed by atoms with Gasteiger partial charge in [-0.15, -0.1) is 4.83 Å². The van der Waals surface area contributed by atoms with Crippen molar-refractivity contribution in [2.24, 2.45) is 0 Å². The van der Waals surface area contributed by atoms with Crippen LogP contribution in [0.4, 0.5) is 39.9 Å². The SMILES string of the molecule is CC(NC(=O)NNS(=O)(=O)c1c(F)cccc1F)(C(F)(F)F)C(F)(F)F. The molecule has 0 saturated carbocycles. The first-order valence-corrected chi connectivity index (χ1v) is 7.68. The highest BCUT2D eigenvalue weighted by Gasteiger charge is 2.68. The maximum Gasteiger partial charge on any atom is 0.420 e. The van der Waals surface area contributed by atoms with E-state index in [1.54, 1.807) is 0 Å². The van der Waals surface area contributed by atoms with Crippen molar-refractivity contribution < 1.29 is 48.3 Å². The molecule has 1 rings (SSSR count). The molecule has 2 amide bonds. The van der Waals surface area contributed by atoms with E-state index in [1.807, 2.05) is 0 Å². The van der Waals surface area contributed by atoms with Gasteiger partial charge >= 0.3 is 18.4 Å². The lowest BCUT2D eigenvalue weighted by atomic mass is 10.0. The molecule has 26 heavy (non-hydrogen) atoms. The van der Waals surface area contributed by atoms with Crippen LogP contribution in [0.15, 0.2) is 23.1 Å². The third-order valence-electron chi connectivity index (χ3n) is 2.98. The van der Waals surface area contributed by atoms with Crippen molar-refractivity contribution in [2.75, 3.05) is 0 Å². The third kappa shape index (κ3) is 4.32. The van der Waals surface area contributed by atoms with E-state index in [2.05, 4.69) is 0 Å². The third-order valence-corrected chi connectivity index (χ3v) is 4.28. The highest BCUT2D eigenvalue weighted by atomic mass is 32.2. The van der Waals surface area contributed by atoms with Gasteiger partial charge in [0.25, 0.3) is 10.0 Å². The van der Waals surface area contributed by atoms with Gasteiger partial charge in [-0.2, -0.15) is 26.3 Å². The Labute approximate surface area is 140 Å². The first-order valence-electron chi connectivity index (χ1n) is 6.20. The topological polar surface area (TPSA) is 87.3 Å². The van der Waals surface area contributed by atoms with Crippen LogP contribution in [0.1, 0.15) is 6.92 Å². The summed E-state index contributed by atoms with van der Waals surface area (Å²) >= 11 is 0. The smallest absolute Gasteiger partial charge is 0.315 e. The van der Waals surface area contributed by atoms with Crippen molar-refractivity contribution in [3.63, 3.8) is 0 Å². The van der Waals surface area contributed by atoms with Gasteiger partial charge in [0.05, 0.1) is 0 Å². The molecule has 0 aliphatic carbocycles. The number of rotatable bonds is 4. The van der Waals surface area contributed by atoms with Crippen LogP contribution < -0.4 is 15.6 Å². The highest BCUT2D eigenvalue weighted by molar-refractivity contribution is 7.89. The Hall–Kier alpha value is -2.16. The molecular formula is C11H9F8N3O3S. The summed E-state index contributed by atoms with van der Waals surface area (Å²) in [6.07, 6.45) is -12.0. The Balaban J connectivity index is 2.99. The first kappa shape index (κ1) is 21.9. The van der Waals surface area contributed by atoms with Crippen molar-refractivity contribution >= 4 is 16.1 Å². The number of hydrogen-bond donors (Lipinski definition) is 3. The summed E-state index contributed by atoms with van der Waals surface area (Å²) in [6.45, 7) is -0.405. The highest BCUT2D eigenvalue weighted by Crippen LogP contribution is 2.42. The minimum atomic E-state index is -5.99. The Morgan fingerprint density at radius 2 is 1.38 bits per heavy atom. The molecule has 0 heterocycles. The molecular weight excluding hydrogens is 406 g/mol. The zero-order valence-electron chi connectivity index (χ0n) is 12.4. The molecule has 0 aliphatic heterocycles. The number of hydrogen-bond acceptors (Lipinski definition) is 3. The molecule has 15 heteroatoms. The van der Waals surface area contributed by atoms with Crippen molar-refractivity contribution in [2.45, 2.75) is 29.7 Å². The van der Waals surface area contributed by atoms with Crippen molar-refractivity contribution in [3.05, 3.63) is 29.8 Å². The summed E-state index contributed by atoms with van der Waals surface area (Å²) in [5, 5.41) is 0.512. The maximum absolute atomic E-state index is 13.4. The zero-order chi connectivity index (χ0) is 20.6. The minimum Gasteiger partial charge on any atom is -0.315 e. The number of carbonyl (C=O) groups excluding carboxylic acids is 1. The Kier molecular flexibility index (Phi) is 5.78. The molecule has 148 valence electrons. The van der Waals surface area contributed by atoms with Gasteiger partial charge in [0.2, 0.25) is 5.54 Å². The predicted molar refractivity (Wildman–Crippen MR) is 68.9 cm³/mol. The van der Waals surface area contributed by atoms with Crippen LogP contribution in [0.2, 0.25) is 0 Å². The number of sulfonamides is 1. The fraction of sp³-hybridized carbons (Fsp3) is 0.364. The summed E-state index contributed by atoms with van der Waals surface area (Å²) < 4.78 is 126. The second-order valence-corrected chi connectivity index (χ2v) is 6.48. The van der Waals surface area contributed by atoms with Crippen LogP contribution in [0.25, 0.3) is 0 Å². The molecule has 3 N–H and O–H groups in total. The zero-order valence-corrected chi connectivity index (χ0v) is 13.2. The van der Waals surface area contributed by atoms with Crippen LogP contribution in [-0.4, -0.2) is 32.3 Å². The van der Waals surface area contributed by atoms with Crippen LogP contribution in [0.3, 0.4) is 0 Å². The Bertz CT molecular complexity index is 757. The summed E-state index contributed by atoms with van der Waals surface area (Å²) in [4.78, 5) is 10.6. The number of benzene rings is 1. The molecule has 0 spiro atoms. The van der Waals surface area contributed by atoms with Crippen molar-refractivity contribution in [3.8, 4) is 0 Å². The Morgan fingerprint density at radius 3 is 1.77 bits per heavy atom. The van der Waals surface area contributed by atoms with E-state index in [4.69, 9.17) is 0 Å². The van der Waals surface area contributed by atoms with Gasteiger partial charge in [-0.25, -0.2) is 22.0 Å². The average Bonchev–Trinajstić information content (AvgIpc) is 2.42. The van der Waals surface area contributed by atoms with Crippen LogP contribution >= 0.6 is 0 Å². The Morgan fingerprint density at radius 1 is 0.962 bits per heavy atom. The van der Waals surface area contributed by atoms with Gasteiger partial charge in [-0.1, -0.05) is 6.07 Å². The number of halogens is 8. The number of urea groups is 1. The first-order chi connectivity index (χ1) is 11.5. The lowest BCUT2D eigenvalue weighted by Gasteiger charge is -2.34. The fourth-order valence-electron chi connectivity index (χ4n) is 1.46. The monoisotopic (exact) mass is 415 g/mol. The van der Waals surface area contributed by atoms with Gasteiger partial charge in [-0.3, -0.25) is 5.43 Å². The molecule has 0 bridgehead atoms. The second-order valence-electron chi connectivity index (χ2n) is 4.86. The standard InChI is InChI=1S/C11H9F8N3O3S/c1-9(10(14,15)16,11(17,18)19)20-8(23)21-22-26(24,25)7-5(12)3-2-4-6(7)13/h2-4,22H,1H3,(H2,20,21,23). The molecule has 0 saturated heterocycles. The average molecular weight is 415 g/mol. The van der Waals surface area contributed by atoms with Gasteiger partial charge in [0, 0.05) is 0 Å². The van der Waals surface area contributed by atoms with E-state index >= 15 is 0 Å². The molecule has 1 aromatic rings. The minimum absolute atomic E-state index is 0.405. The summed E-state index contributed by atoms with van der Waals surface area (Å²) in [6, 6.07) is -0.450. The van der Waals surface area contributed by atoms with E-state index in [0.29, 0.717) is 17.4 Å². The quantitative estimate of drug-likeness (QED) is 0.521. The number of carbonyl (C=O) groups is 1. The maximum atomic E-state index is 13.4. The van der Waals surface area contributed by atoms with E-state index in [0.717, 1.165) is 16.3 Å². The summed E-state index contributed by atoms with van der Waals surface area (Å²) in [5.41, 5.74) is -3.77. The molecule has 0 aliphatic rings. The molecule has 0 radical (unpaired) electrons. The van der Waals surface area contributed by atoms with E-state index in [9.17, 15) is 48.3 Å². The number of alkyl halides is 6. The van der Waals surface area contributed by atoms with Crippen LogP contribution in [0, 0.1) is 11.6 Å². The fourth-order valence-corrected chi connectivity index (χ4v) is 2.44. The van der Waals surface area contributed by atoms with Gasteiger partial charge in [-0.05, 0) is 19.1 Å². The van der Waals surface area contributed by atoms with Crippen LogP contribution in [0.5, 0.6) is 0 Å². The molecule has 0 unspecified atom stereocenters. The lowest BCUT2D eigenvalue weighted by Crippen LogP contribution is -2.67. The van der Waals surface area contributed by atoms with Gasteiger partial charge in [0.1, 0.15) is 11.6 Å². The molecule has 0 atom stereocenters. The number of nitrogens with one attached hydrogen (secondary N) is 3. The van der Waals surface area contributed by atoms with E-state index in [-0.39, 0.29) is 0 Å². The lowest BCUT2D eigenvalue weighted by molar-refractivity contribution is -0.297. The largest absolute Gasteiger partial charge is 0.420 e. The molecule has 0 fully saturated rings. The predicted octanol–water partition coefficient (Wildman–Crippen LogP) is 2.34. The van der Waals surface area contributed by atoms with E-state index in [1.165, 1.54) is 0 Å². The molecule has 6 nitrogen and oxygen atoms in total. The van der Waals surface area contributed by atoms with Gasteiger partial charge in [0.15, 0.2) is 4.90 Å². The normalized spacial score (nSPS) is 13.4. The molecule has 0 aromatic heterocycles. The van der Waals surface area contributed by atoms with Crippen molar-refractivity contribution in [1.82, 2.24) is 15.6 Å². The second kappa shape index (κ2) is 6.86. The number of amides is 2. The summed E-state index contributed by atoms with van der Waals surface area (Å²) in [7, 11) is -5.18. The summed E-state index contributed by atoms with van der Waals surface area (Å²) in [5.74, 6) is -3.23. The van der Waals surface area contributed by atoms with E-state index < -0.39 is 57.4 Å². The van der Waals surface area contributed by atoms with Crippen LogP contribution in [-0.2, 0) is 10.0 Å². The van der Waals surface area contributed by atoms with Crippen molar-refractivity contribution in [1.29, 1.82) is 0 Å². The van der Waals surface area contributed by atoms with Gasteiger partial charge < -0.3 is 5.32 Å². The molecule has 1 aromatic carbocycles. The number of hydrazine groups is 1.